The fraction of sp³-hybridized carbons (Fsp3) is 0.400. The number of benzene rings is 1. The van der Waals surface area contributed by atoms with Gasteiger partial charge in [-0.2, -0.15) is 0 Å². The lowest BCUT2D eigenvalue weighted by molar-refractivity contribution is -0.125. The summed E-state index contributed by atoms with van der Waals surface area (Å²) in [4.78, 5) is 14.0. The van der Waals surface area contributed by atoms with Gasteiger partial charge in [-0.15, -0.1) is 0 Å². The third kappa shape index (κ3) is 4.26. The lowest BCUT2D eigenvalue weighted by Crippen LogP contribution is -2.30. The van der Waals surface area contributed by atoms with Crippen molar-refractivity contribution in [3.8, 4) is 0 Å². The Kier molecular flexibility index (Phi) is 5.29. The molecule has 1 amide bonds. The zero-order chi connectivity index (χ0) is 13.7. The maximum absolute atomic E-state index is 12.1. The number of hydrogen-bond acceptors (Lipinski definition) is 1. The molecule has 1 aliphatic rings. The molecule has 0 N–H and O–H groups in total. The molecule has 102 valence electrons. The van der Waals surface area contributed by atoms with E-state index in [-0.39, 0.29) is 5.91 Å². The summed E-state index contributed by atoms with van der Waals surface area (Å²) in [5.74, 6) is 0.0537. The number of rotatable bonds is 2. The molecule has 1 fully saturated rings. The average molecular weight is 298 g/mol. The highest BCUT2D eigenvalue weighted by Gasteiger charge is 2.12. The molecule has 1 aliphatic heterocycles. The number of hydrogen-bond donors (Lipinski definition) is 0. The maximum Gasteiger partial charge on any atom is 0.246 e. The average Bonchev–Trinajstić information content (AvgIpc) is 2.68. The SMILES string of the molecule is O=C(/C=C/c1cc(Cl)ccc1Cl)N1CCCCCC1. The fourth-order valence-corrected chi connectivity index (χ4v) is 2.56. The monoisotopic (exact) mass is 297 g/mol. The van der Waals surface area contributed by atoms with E-state index in [9.17, 15) is 4.79 Å². The van der Waals surface area contributed by atoms with Crippen molar-refractivity contribution >= 4 is 35.2 Å². The van der Waals surface area contributed by atoms with Gasteiger partial charge in [0.2, 0.25) is 5.91 Å². The molecule has 0 bridgehead atoms. The van der Waals surface area contributed by atoms with Gasteiger partial charge in [0.1, 0.15) is 0 Å². The summed E-state index contributed by atoms with van der Waals surface area (Å²) in [5.41, 5.74) is 0.775. The third-order valence-corrected chi connectivity index (χ3v) is 3.86. The largest absolute Gasteiger partial charge is 0.339 e. The number of carbonyl (C=O) groups excluding carboxylic acids is 1. The second kappa shape index (κ2) is 6.97. The zero-order valence-corrected chi connectivity index (χ0v) is 12.3. The molecule has 0 spiro atoms. The Balaban J connectivity index is 2.04. The van der Waals surface area contributed by atoms with E-state index in [1.807, 2.05) is 4.90 Å². The molecule has 0 aliphatic carbocycles. The first-order chi connectivity index (χ1) is 9.16. The molecule has 4 heteroatoms. The molecule has 2 rings (SSSR count). The van der Waals surface area contributed by atoms with Gasteiger partial charge < -0.3 is 4.90 Å². The fourth-order valence-electron chi connectivity index (χ4n) is 2.20. The van der Waals surface area contributed by atoms with Crippen LogP contribution in [0.1, 0.15) is 31.2 Å². The minimum Gasteiger partial charge on any atom is -0.339 e. The molecule has 0 radical (unpaired) electrons. The number of carbonyl (C=O) groups is 1. The molecular formula is C15H17Cl2NO. The molecule has 1 aromatic rings. The summed E-state index contributed by atoms with van der Waals surface area (Å²) in [6, 6.07) is 5.23. The summed E-state index contributed by atoms with van der Waals surface area (Å²) in [6.45, 7) is 1.71. The van der Waals surface area contributed by atoms with Crippen molar-refractivity contribution in [2.45, 2.75) is 25.7 Å². The number of amides is 1. The Morgan fingerprint density at radius 1 is 1.11 bits per heavy atom. The van der Waals surface area contributed by atoms with Crippen LogP contribution in [-0.2, 0) is 4.79 Å². The third-order valence-electron chi connectivity index (χ3n) is 3.28. The second-order valence-corrected chi connectivity index (χ2v) is 5.58. The van der Waals surface area contributed by atoms with E-state index in [0.29, 0.717) is 10.0 Å². The van der Waals surface area contributed by atoms with Crippen molar-refractivity contribution in [1.82, 2.24) is 4.90 Å². The van der Waals surface area contributed by atoms with Gasteiger partial charge in [-0.1, -0.05) is 36.0 Å². The smallest absolute Gasteiger partial charge is 0.246 e. The minimum absolute atomic E-state index is 0.0537. The maximum atomic E-state index is 12.1. The Labute approximate surface area is 124 Å². The molecule has 1 saturated heterocycles. The highest BCUT2D eigenvalue weighted by molar-refractivity contribution is 6.34. The van der Waals surface area contributed by atoms with Gasteiger partial charge in [-0.25, -0.2) is 0 Å². The van der Waals surface area contributed by atoms with Crippen LogP contribution < -0.4 is 0 Å². The van der Waals surface area contributed by atoms with Crippen LogP contribution in [0, 0.1) is 0 Å². The van der Waals surface area contributed by atoms with Gasteiger partial charge in [0.15, 0.2) is 0 Å². The van der Waals surface area contributed by atoms with Gasteiger partial charge >= 0.3 is 0 Å². The summed E-state index contributed by atoms with van der Waals surface area (Å²) >= 11 is 12.0. The van der Waals surface area contributed by atoms with Crippen molar-refractivity contribution in [3.63, 3.8) is 0 Å². The van der Waals surface area contributed by atoms with Gasteiger partial charge in [0.25, 0.3) is 0 Å². The normalized spacial score (nSPS) is 16.6. The number of nitrogens with zero attached hydrogens (tertiary/aromatic N) is 1. The number of likely N-dealkylation sites (tertiary alicyclic amines) is 1. The first-order valence-corrected chi connectivity index (χ1v) is 7.34. The molecule has 1 aromatic carbocycles. The molecule has 0 unspecified atom stereocenters. The van der Waals surface area contributed by atoms with Crippen LogP contribution in [0.4, 0.5) is 0 Å². The highest BCUT2D eigenvalue weighted by atomic mass is 35.5. The van der Waals surface area contributed by atoms with Crippen LogP contribution >= 0.6 is 23.2 Å². The van der Waals surface area contributed by atoms with Crippen LogP contribution in [-0.4, -0.2) is 23.9 Å². The van der Waals surface area contributed by atoms with E-state index in [0.717, 1.165) is 31.5 Å². The Hall–Kier alpha value is -0.990. The van der Waals surface area contributed by atoms with E-state index >= 15 is 0 Å². The molecule has 19 heavy (non-hydrogen) atoms. The van der Waals surface area contributed by atoms with Gasteiger partial charge in [-0.3, -0.25) is 4.79 Å². The van der Waals surface area contributed by atoms with E-state index in [1.54, 1.807) is 30.4 Å². The van der Waals surface area contributed by atoms with E-state index in [4.69, 9.17) is 23.2 Å². The number of halogens is 2. The molecule has 2 nitrogen and oxygen atoms in total. The van der Waals surface area contributed by atoms with Crippen LogP contribution in [0.2, 0.25) is 10.0 Å². The lowest BCUT2D eigenvalue weighted by atomic mass is 10.2. The summed E-state index contributed by atoms with van der Waals surface area (Å²) in [7, 11) is 0. The standard InChI is InChI=1S/C15H17Cl2NO/c16-13-6-7-14(17)12(11-13)5-8-15(19)18-9-3-1-2-4-10-18/h5-8,11H,1-4,9-10H2/b8-5+. The van der Waals surface area contributed by atoms with Crippen LogP contribution in [0.3, 0.4) is 0 Å². The first kappa shape index (κ1) is 14.4. The van der Waals surface area contributed by atoms with E-state index < -0.39 is 0 Å². The van der Waals surface area contributed by atoms with Gasteiger partial charge in [0, 0.05) is 29.2 Å². The van der Waals surface area contributed by atoms with E-state index in [1.165, 1.54) is 12.8 Å². The van der Waals surface area contributed by atoms with Crippen LogP contribution in [0.25, 0.3) is 6.08 Å². The van der Waals surface area contributed by atoms with Crippen molar-refractivity contribution in [3.05, 3.63) is 39.9 Å². The van der Waals surface area contributed by atoms with Crippen molar-refractivity contribution < 1.29 is 4.79 Å². The van der Waals surface area contributed by atoms with Crippen LogP contribution in [0.15, 0.2) is 24.3 Å². The summed E-state index contributed by atoms with van der Waals surface area (Å²) in [5, 5.41) is 1.22. The molecular weight excluding hydrogens is 281 g/mol. The predicted octanol–water partition coefficient (Wildman–Crippen LogP) is 4.41. The van der Waals surface area contributed by atoms with Crippen molar-refractivity contribution in [2.75, 3.05) is 13.1 Å². The highest BCUT2D eigenvalue weighted by Crippen LogP contribution is 2.22. The second-order valence-electron chi connectivity index (χ2n) is 4.74. The Bertz CT molecular complexity index is 477. The van der Waals surface area contributed by atoms with Gasteiger partial charge in [-0.05, 0) is 42.7 Å². The van der Waals surface area contributed by atoms with E-state index in [2.05, 4.69) is 0 Å². The molecule has 1 heterocycles. The summed E-state index contributed by atoms with van der Waals surface area (Å²) < 4.78 is 0. The summed E-state index contributed by atoms with van der Waals surface area (Å²) in [6.07, 6.45) is 7.94. The molecule has 0 saturated carbocycles. The molecule has 0 atom stereocenters. The Morgan fingerprint density at radius 3 is 2.47 bits per heavy atom. The Morgan fingerprint density at radius 2 is 1.79 bits per heavy atom. The van der Waals surface area contributed by atoms with Gasteiger partial charge in [0.05, 0.1) is 0 Å². The topological polar surface area (TPSA) is 20.3 Å². The van der Waals surface area contributed by atoms with Crippen molar-refractivity contribution in [1.29, 1.82) is 0 Å². The minimum atomic E-state index is 0.0537. The lowest BCUT2D eigenvalue weighted by Gasteiger charge is -2.18. The quantitative estimate of drug-likeness (QED) is 0.741. The first-order valence-electron chi connectivity index (χ1n) is 6.59. The zero-order valence-electron chi connectivity index (χ0n) is 10.7. The predicted molar refractivity (Wildman–Crippen MR) is 80.5 cm³/mol. The molecule has 0 aromatic heterocycles. The van der Waals surface area contributed by atoms with Crippen LogP contribution in [0.5, 0.6) is 0 Å². The van der Waals surface area contributed by atoms with Crippen molar-refractivity contribution in [2.24, 2.45) is 0 Å².